The maximum absolute atomic E-state index is 5.85. The Morgan fingerprint density at radius 3 is 1.50 bits per heavy atom. The van der Waals surface area contributed by atoms with Crippen LogP contribution in [-0.2, 0) is 0 Å². The lowest BCUT2D eigenvalue weighted by Crippen LogP contribution is -1.93. The highest BCUT2D eigenvalue weighted by atomic mass is 16.5. The minimum Gasteiger partial charge on any atom is -0.497 e. The van der Waals surface area contributed by atoms with Gasteiger partial charge in [-0.05, 0) is 75.1 Å². The van der Waals surface area contributed by atoms with Gasteiger partial charge in [-0.2, -0.15) is 0 Å². The van der Waals surface area contributed by atoms with Crippen molar-refractivity contribution in [2.45, 2.75) is 0 Å². The summed E-state index contributed by atoms with van der Waals surface area (Å²) in [4.78, 5) is 0. The smallest absolute Gasteiger partial charge is 0.127 e. The molecule has 0 amide bonds. The first-order chi connectivity index (χ1) is 15.7. The van der Waals surface area contributed by atoms with E-state index in [2.05, 4.69) is 42.5 Å². The summed E-state index contributed by atoms with van der Waals surface area (Å²) < 4.78 is 22.4. The largest absolute Gasteiger partial charge is 0.497 e. The van der Waals surface area contributed by atoms with E-state index in [4.69, 9.17) is 18.9 Å². The van der Waals surface area contributed by atoms with E-state index in [1.807, 2.05) is 30.3 Å². The fraction of sp³-hybridized carbons (Fsp3) is 0.143. The van der Waals surface area contributed by atoms with Crippen molar-refractivity contribution in [1.29, 1.82) is 0 Å². The second-order valence-corrected chi connectivity index (χ2v) is 7.62. The van der Waals surface area contributed by atoms with Gasteiger partial charge in [-0.3, -0.25) is 0 Å². The maximum atomic E-state index is 5.85. The van der Waals surface area contributed by atoms with E-state index in [1.165, 1.54) is 0 Å². The van der Waals surface area contributed by atoms with E-state index in [0.29, 0.717) is 0 Å². The Bertz CT molecular complexity index is 1450. The van der Waals surface area contributed by atoms with E-state index in [1.54, 1.807) is 28.4 Å². The molecule has 5 aromatic carbocycles. The number of hydrogen-bond donors (Lipinski definition) is 0. The van der Waals surface area contributed by atoms with Crippen LogP contribution in [0.25, 0.3) is 43.4 Å². The number of rotatable bonds is 5. The monoisotopic (exact) mass is 424 g/mol. The van der Waals surface area contributed by atoms with Gasteiger partial charge in [0.25, 0.3) is 0 Å². The van der Waals surface area contributed by atoms with Crippen LogP contribution in [0.3, 0.4) is 0 Å². The summed E-state index contributed by atoms with van der Waals surface area (Å²) in [6, 6.07) is 24.7. The third-order valence-corrected chi connectivity index (χ3v) is 6.07. The molecular weight excluding hydrogens is 400 g/mol. The fourth-order valence-corrected chi connectivity index (χ4v) is 4.50. The van der Waals surface area contributed by atoms with Gasteiger partial charge in [0, 0.05) is 10.8 Å². The molecular formula is C28H24O4. The Morgan fingerprint density at radius 2 is 0.969 bits per heavy atom. The Kier molecular flexibility index (Phi) is 4.98. The molecule has 5 aromatic rings. The van der Waals surface area contributed by atoms with Gasteiger partial charge in [-0.15, -0.1) is 0 Å². The number of methoxy groups -OCH3 is 4. The highest BCUT2D eigenvalue weighted by Gasteiger charge is 2.18. The van der Waals surface area contributed by atoms with Crippen molar-refractivity contribution in [3.8, 4) is 34.1 Å². The van der Waals surface area contributed by atoms with Crippen LogP contribution in [0.2, 0.25) is 0 Å². The molecule has 5 rings (SSSR count). The molecule has 0 aliphatic carbocycles. The number of ether oxygens (including phenoxy) is 4. The van der Waals surface area contributed by atoms with Gasteiger partial charge in [0.2, 0.25) is 0 Å². The molecule has 0 bridgehead atoms. The molecule has 0 fully saturated rings. The predicted molar refractivity (Wildman–Crippen MR) is 131 cm³/mol. The first-order valence-corrected chi connectivity index (χ1v) is 10.4. The summed E-state index contributed by atoms with van der Waals surface area (Å²) in [5.74, 6) is 3.27. The normalized spacial score (nSPS) is 11.1. The molecule has 0 saturated carbocycles. The van der Waals surface area contributed by atoms with Crippen LogP contribution in [0.15, 0.2) is 72.8 Å². The molecule has 4 heteroatoms. The zero-order valence-electron chi connectivity index (χ0n) is 18.6. The topological polar surface area (TPSA) is 36.9 Å². The van der Waals surface area contributed by atoms with Gasteiger partial charge < -0.3 is 18.9 Å². The first kappa shape index (κ1) is 20.0. The van der Waals surface area contributed by atoms with Gasteiger partial charge in [0.1, 0.15) is 23.0 Å². The van der Waals surface area contributed by atoms with E-state index in [9.17, 15) is 0 Å². The van der Waals surface area contributed by atoms with Crippen LogP contribution in [0.5, 0.6) is 23.0 Å². The molecule has 0 saturated heterocycles. The molecule has 0 unspecified atom stereocenters. The molecule has 0 atom stereocenters. The van der Waals surface area contributed by atoms with Crippen LogP contribution >= 0.6 is 0 Å². The standard InChI is InChI=1S/C28H24O4/c1-29-18-7-5-17(6-8-18)21-13-14-26(32-4)28-25-16-20(31-3)10-12-23(25)22-11-9-19(30-2)15-24(22)27(21)28/h5-16H,1-4H3. The third-order valence-electron chi connectivity index (χ3n) is 6.07. The second kappa shape index (κ2) is 7.97. The van der Waals surface area contributed by atoms with Crippen LogP contribution in [0.4, 0.5) is 0 Å². The van der Waals surface area contributed by atoms with Crippen molar-refractivity contribution in [2.24, 2.45) is 0 Å². The van der Waals surface area contributed by atoms with Crippen molar-refractivity contribution >= 4 is 32.3 Å². The molecule has 4 nitrogen and oxygen atoms in total. The Hall–Kier alpha value is -3.92. The Morgan fingerprint density at radius 1 is 0.438 bits per heavy atom. The first-order valence-electron chi connectivity index (χ1n) is 10.4. The second-order valence-electron chi connectivity index (χ2n) is 7.62. The fourth-order valence-electron chi connectivity index (χ4n) is 4.50. The van der Waals surface area contributed by atoms with Crippen molar-refractivity contribution in [1.82, 2.24) is 0 Å². The molecule has 160 valence electrons. The van der Waals surface area contributed by atoms with Gasteiger partial charge in [-0.25, -0.2) is 0 Å². The average Bonchev–Trinajstić information content (AvgIpc) is 2.87. The van der Waals surface area contributed by atoms with Crippen LogP contribution < -0.4 is 18.9 Å². The molecule has 0 heterocycles. The van der Waals surface area contributed by atoms with Gasteiger partial charge >= 0.3 is 0 Å². The lowest BCUT2D eigenvalue weighted by atomic mass is 9.88. The van der Waals surface area contributed by atoms with E-state index < -0.39 is 0 Å². The minimum absolute atomic E-state index is 0.809. The lowest BCUT2D eigenvalue weighted by molar-refractivity contribution is 0.415. The summed E-state index contributed by atoms with van der Waals surface area (Å²) in [5.41, 5.74) is 2.22. The van der Waals surface area contributed by atoms with E-state index in [0.717, 1.165) is 66.4 Å². The Balaban J connectivity index is 2.02. The van der Waals surface area contributed by atoms with Gasteiger partial charge in [0.15, 0.2) is 0 Å². The van der Waals surface area contributed by atoms with Crippen molar-refractivity contribution in [3.63, 3.8) is 0 Å². The van der Waals surface area contributed by atoms with Crippen molar-refractivity contribution < 1.29 is 18.9 Å². The summed E-state index contributed by atoms with van der Waals surface area (Å²) in [5, 5.41) is 6.66. The zero-order valence-corrected chi connectivity index (χ0v) is 18.6. The molecule has 0 N–H and O–H groups in total. The summed E-state index contributed by atoms with van der Waals surface area (Å²) in [6.07, 6.45) is 0. The average molecular weight is 424 g/mol. The predicted octanol–water partition coefficient (Wildman–Crippen LogP) is 6.85. The van der Waals surface area contributed by atoms with Gasteiger partial charge in [0.05, 0.1) is 28.4 Å². The maximum Gasteiger partial charge on any atom is 0.127 e. The molecule has 0 aliphatic heterocycles. The van der Waals surface area contributed by atoms with Crippen LogP contribution in [0.1, 0.15) is 0 Å². The molecule has 0 spiro atoms. The van der Waals surface area contributed by atoms with E-state index >= 15 is 0 Å². The zero-order chi connectivity index (χ0) is 22.2. The highest BCUT2D eigenvalue weighted by molar-refractivity contribution is 6.30. The lowest BCUT2D eigenvalue weighted by Gasteiger charge is -2.18. The van der Waals surface area contributed by atoms with Gasteiger partial charge in [-0.1, -0.05) is 30.3 Å². The summed E-state index contributed by atoms with van der Waals surface area (Å²) in [7, 11) is 6.77. The van der Waals surface area contributed by atoms with Crippen molar-refractivity contribution in [3.05, 3.63) is 72.8 Å². The molecule has 0 aliphatic rings. The van der Waals surface area contributed by atoms with Crippen molar-refractivity contribution in [2.75, 3.05) is 28.4 Å². The molecule has 0 radical (unpaired) electrons. The summed E-state index contributed by atoms with van der Waals surface area (Å²) >= 11 is 0. The number of fused-ring (bicyclic) bond motifs is 6. The van der Waals surface area contributed by atoms with Crippen LogP contribution in [-0.4, -0.2) is 28.4 Å². The Labute approximate surface area is 186 Å². The third kappa shape index (κ3) is 3.07. The van der Waals surface area contributed by atoms with E-state index in [-0.39, 0.29) is 0 Å². The molecule has 0 aromatic heterocycles. The number of hydrogen-bond acceptors (Lipinski definition) is 4. The highest BCUT2D eigenvalue weighted by Crippen LogP contribution is 2.45. The summed E-state index contributed by atoms with van der Waals surface area (Å²) in [6.45, 7) is 0. The minimum atomic E-state index is 0.809. The van der Waals surface area contributed by atoms with Crippen LogP contribution in [0, 0.1) is 0 Å². The number of benzene rings is 5. The molecule has 32 heavy (non-hydrogen) atoms. The quantitative estimate of drug-likeness (QED) is 0.289. The SMILES string of the molecule is COc1ccc(-c2ccc(OC)c3c4cc(OC)ccc4c4ccc(OC)cc4c23)cc1.